The quantitative estimate of drug-likeness (QED) is 0.756. The Bertz CT molecular complexity index is 727. The molecule has 0 bridgehead atoms. The molecule has 0 unspecified atom stereocenters. The molecule has 1 aliphatic rings. The van der Waals surface area contributed by atoms with E-state index in [9.17, 15) is 4.79 Å². The molecule has 0 aliphatic carbocycles. The van der Waals surface area contributed by atoms with Crippen LogP contribution in [0, 0.1) is 6.92 Å². The Morgan fingerprint density at radius 3 is 2.43 bits per heavy atom. The molecular formula is C18H18BrClN2O. The van der Waals surface area contributed by atoms with Crippen LogP contribution < -0.4 is 4.90 Å². The third-order valence-electron chi connectivity index (χ3n) is 4.25. The predicted molar refractivity (Wildman–Crippen MR) is 98.4 cm³/mol. The molecule has 2 aromatic rings. The van der Waals surface area contributed by atoms with E-state index < -0.39 is 0 Å². The lowest BCUT2D eigenvalue weighted by atomic mass is 10.1. The van der Waals surface area contributed by atoms with Gasteiger partial charge >= 0.3 is 0 Å². The van der Waals surface area contributed by atoms with Gasteiger partial charge in [0.2, 0.25) is 0 Å². The van der Waals surface area contributed by atoms with Crippen molar-refractivity contribution in [2.45, 2.75) is 6.92 Å². The Morgan fingerprint density at radius 2 is 1.74 bits per heavy atom. The second-order valence-electron chi connectivity index (χ2n) is 5.64. The smallest absolute Gasteiger partial charge is 0.255 e. The number of amides is 1. The fourth-order valence-corrected chi connectivity index (χ4v) is 3.52. The lowest BCUT2D eigenvalue weighted by Crippen LogP contribution is -2.49. The zero-order valence-corrected chi connectivity index (χ0v) is 15.3. The number of nitrogens with zero attached hydrogens (tertiary/aromatic N) is 2. The molecule has 0 N–H and O–H groups in total. The molecule has 1 aliphatic heterocycles. The molecule has 0 radical (unpaired) electrons. The zero-order chi connectivity index (χ0) is 16.4. The van der Waals surface area contributed by atoms with E-state index in [0.717, 1.165) is 39.4 Å². The summed E-state index contributed by atoms with van der Waals surface area (Å²) in [6.07, 6.45) is 0. The molecular weight excluding hydrogens is 376 g/mol. The molecule has 0 saturated carbocycles. The molecule has 0 atom stereocenters. The van der Waals surface area contributed by atoms with Crippen LogP contribution in [0.3, 0.4) is 0 Å². The number of hydrogen-bond donors (Lipinski definition) is 0. The van der Waals surface area contributed by atoms with Gasteiger partial charge in [-0.25, -0.2) is 0 Å². The summed E-state index contributed by atoms with van der Waals surface area (Å²) in [6.45, 7) is 5.10. The van der Waals surface area contributed by atoms with E-state index in [2.05, 4.69) is 26.9 Å². The number of benzene rings is 2. The maximum atomic E-state index is 12.6. The van der Waals surface area contributed by atoms with Crippen molar-refractivity contribution in [2.24, 2.45) is 0 Å². The first kappa shape index (κ1) is 16.3. The van der Waals surface area contributed by atoms with Gasteiger partial charge in [0.25, 0.3) is 5.91 Å². The molecule has 0 aromatic heterocycles. The molecule has 5 heteroatoms. The fraction of sp³-hybridized carbons (Fsp3) is 0.278. The molecule has 1 saturated heterocycles. The minimum atomic E-state index is 0.0833. The van der Waals surface area contributed by atoms with Gasteiger partial charge < -0.3 is 9.80 Å². The molecule has 1 heterocycles. The average Bonchev–Trinajstić information content (AvgIpc) is 2.57. The number of hydrogen-bond acceptors (Lipinski definition) is 2. The summed E-state index contributed by atoms with van der Waals surface area (Å²) in [5.41, 5.74) is 2.98. The molecule has 23 heavy (non-hydrogen) atoms. The van der Waals surface area contributed by atoms with Crippen LogP contribution in [0.1, 0.15) is 15.9 Å². The monoisotopic (exact) mass is 392 g/mol. The first-order valence-electron chi connectivity index (χ1n) is 7.62. The normalized spacial score (nSPS) is 14.9. The minimum absolute atomic E-state index is 0.0833. The summed E-state index contributed by atoms with van der Waals surface area (Å²) in [7, 11) is 0. The summed E-state index contributed by atoms with van der Waals surface area (Å²) in [4.78, 5) is 16.9. The maximum Gasteiger partial charge on any atom is 0.255 e. The number of anilines is 1. The minimum Gasteiger partial charge on any atom is -0.368 e. The van der Waals surface area contributed by atoms with Gasteiger partial charge in [0, 0.05) is 41.4 Å². The molecule has 1 fully saturated rings. The van der Waals surface area contributed by atoms with Gasteiger partial charge in [0.1, 0.15) is 0 Å². The van der Waals surface area contributed by atoms with E-state index in [4.69, 9.17) is 11.6 Å². The van der Waals surface area contributed by atoms with Crippen molar-refractivity contribution in [1.82, 2.24) is 4.90 Å². The van der Waals surface area contributed by atoms with E-state index >= 15 is 0 Å². The first-order valence-corrected chi connectivity index (χ1v) is 8.79. The van der Waals surface area contributed by atoms with Crippen LogP contribution in [-0.2, 0) is 0 Å². The van der Waals surface area contributed by atoms with Crippen LogP contribution in [0.4, 0.5) is 5.69 Å². The van der Waals surface area contributed by atoms with Gasteiger partial charge in [-0.1, -0.05) is 29.8 Å². The summed E-state index contributed by atoms with van der Waals surface area (Å²) < 4.78 is 0.845. The maximum absolute atomic E-state index is 12.6. The fourth-order valence-electron chi connectivity index (χ4n) is 2.89. The Morgan fingerprint density at radius 1 is 1.04 bits per heavy atom. The highest BCUT2D eigenvalue weighted by Crippen LogP contribution is 2.27. The molecule has 0 spiro atoms. The Hall–Kier alpha value is -1.52. The number of carbonyl (C=O) groups is 1. The van der Waals surface area contributed by atoms with Crippen molar-refractivity contribution in [1.29, 1.82) is 0 Å². The first-order chi connectivity index (χ1) is 11.1. The number of halogens is 2. The van der Waals surface area contributed by atoms with Crippen LogP contribution in [0.15, 0.2) is 46.9 Å². The van der Waals surface area contributed by atoms with Crippen molar-refractivity contribution in [3.05, 3.63) is 63.1 Å². The third kappa shape index (κ3) is 3.38. The molecule has 1 amide bonds. The number of carbonyl (C=O) groups excluding carboxylic acids is 1. The van der Waals surface area contributed by atoms with Gasteiger partial charge in [-0.15, -0.1) is 0 Å². The van der Waals surface area contributed by atoms with Gasteiger partial charge in [-0.05, 0) is 52.7 Å². The predicted octanol–water partition coefficient (Wildman–Crippen LogP) is 4.37. The lowest BCUT2D eigenvalue weighted by molar-refractivity contribution is 0.0746. The second-order valence-corrected chi connectivity index (χ2v) is 6.90. The highest BCUT2D eigenvalue weighted by molar-refractivity contribution is 9.10. The van der Waals surface area contributed by atoms with Gasteiger partial charge in [0.05, 0.1) is 5.56 Å². The van der Waals surface area contributed by atoms with E-state index in [1.807, 2.05) is 48.2 Å². The van der Waals surface area contributed by atoms with Crippen molar-refractivity contribution in [3.8, 4) is 0 Å². The Labute approximate surface area is 150 Å². The van der Waals surface area contributed by atoms with Crippen LogP contribution in [0.25, 0.3) is 0 Å². The van der Waals surface area contributed by atoms with Crippen LogP contribution >= 0.6 is 27.5 Å². The Kier molecular flexibility index (Phi) is 4.93. The third-order valence-corrected chi connectivity index (χ3v) is 5.35. The molecule has 120 valence electrons. The molecule has 2 aromatic carbocycles. The van der Waals surface area contributed by atoms with Crippen LogP contribution in [-0.4, -0.2) is 37.0 Å². The van der Waals surface area contributed by atoms with Crippen molar-refractivity contribution < 1.29 is 4.79 Å². The van der Waals surface area contributed by atoms with Crippen LogP contribution in [0.2, 0.25) is 5.02 Å². The SMILES string of the molecule is Cc1c(Cl)cccc1N1CCN(C(=O)c2ccccc2Br)CC1. The second kappa shape index (κ2) is 6.93. The van der Waals surface area contributed by atoms with Crippen molar-refractivity contribution in [2.75, 3.05) is 31.1 Å². The van der Waals surface area contributed by atoms with Crippen molar-refractivity contribution in [3.63, 3.8) is 0 Å². The highest BCUT2D eigenvalue weighted by atomic mass is 79.9. The standard InChI is InChI=1S/C18H18BrClN2O/c1-13-16(20)7-4-8-17(13)21-9-11-22(12-10-21)18(23)14-5-2-3-6-15(14)19/h2-8H,9-12H2,1H3. The lowest BCUT2D eigenvalue weighted by Gasteiger charge is -2.37. The van der Waals surface area contributed by atoms with Crippen molar-refractivity contribution >= 4 is 39.1 Å². The van der Waals surface area contributed by atoms with Gasteiger partial charge in [0.15, 0.2) is 0 Å². The van der Waals surface area contributed by atoms with E-state index in [-0.39, 0.29) is 5.91 Å². The van der Waals surface area contributed by atoms with E-state index in [1.165, 1.54) is 0 Å². The zero-order valence-electron chi connectivity index (χ0n) is 12.9. The van der Waals surface area contributed by atoms with E-state index in [1.54, 1.807) is 0 Å². The van der Waals surface area contributed by atoms with E-state index in [0.29, 0.717) is 13.1 Å². The Balaban J connectivity index is 1.70. The summed E-state index contributed by atoms with van der Waals surface area (Å²) in [6, 6.07) is 13.5. The average molecular weight is 394 g/mol. The van der Waals surface area contributed by atoms with Crippen LogP contribution in [0.5, 0.6) is 0 Å². The van der Waals surface area contributed by atoms with Gasteiger partial charge in [-0.3, -0.25) is 4.79 Å². The number of rotatable bonds is 2. The number of piperazine rings is 1. The topological polar surface area (TPSA) is 23.6 Å². The highest BCUT2D eigenvalue weighted by Gasteiger charge is 2.24. The summed E-state index contributed by atoms with van der Waals surface area (Å²) in [5, 5.41) is 0.786. The molecule has 3 nitrogen and oxygen atoms in total. The largest absolute Gasteiger partial charge is 0.368 e. The molecule has 3 rings (SSSR count). The summed E-state index contributed by atoms with van der Waals surface area (Å²) >= 11 is 9.67. The summed E-state index contributed by atoms with van der Waals surface area (Å²) in [5.74, 6) is 0.0833. The van der Waals surface area contributed by atoms with Gasteiger partial charge in [-0.2, -0.15) is 0 Å².